The van der Waals surface area contributed by atoms with E-state index in [1.54, 1.807) is 20.3 Å². The second-order valence-electron chi connectivity index (χ2n) is 7.53. The average molecular weight is 383 g/mol. The van der Waals surface area contributed by atoms with Crippen LogP contribution in [0.15, 0.2) is 48.1 Å². The zero-order chi connectivity index (χ0) is 19.9. The van der Waals surface area contributed by atoms with Crippen molar-refractivity contribution in [2.75, 3.05) is 14.2 Å². The number of fused-ring (bicyclic) bond motifs is 3. The summed E-state index contributed by atoms with van der Waals surface area (Å²) in [6, 6.07) is 10.9. The van der Waals surface area contributed by atoms with Gasteiger partial charge in [-0.05, 0) is 24.0 Å². The molecule has 0 radical (unpaired) electrons. The number of benzene rings is 1. The summed E-state index contributed by atoms with van der Waals surface area (Å²) in [7, 11) is 3.38. The van der Waals surface area contributed by atoms with Crippen LogP contribution in [0, 0.1) is 0 Å². The quantitative estimate of drug-likeness (QED) is 0.588. The zero-order valence-corrected chi connectivity index (χ0v) is 17.1. The van der Waals surface area contributed by atoms with E-state index in [2.05, 4.69) is 23.1 Å². The summed E-state index contributed by atoms with van der Waals surface area (Å²) in [5.41, 5.74) is 2.79. The van der Waals surface area contributed by atoms with Crippen molar-refractivity contribution in [2.45, 2.75) is 63.1 Å². The molecule has 2 bridgehead atoms. The van der Waals surface area contributed by atoms with E-state index in [-0.39, 0.29) is 30.4 Å². The molecule has 28 heavy (non-hydrogen) atoms. The Morgan fingerprint density at radius 3 is 2.54 bits per heavy atom. The molecule has 5 nitrogen and oxygen atoms in total. The van der Waals surface area contributed by atoms with Gasteiger partial charge in [0.25, 0.3) is 0 Å². The molecule has 2 saturated heterocycles. The summed E-state index contributed by atoms with van der Waals surface area (Å²) in [5, 5.41) is 0. The molecule has 1 spiro atoms. The highest BCUT2D eigenvalue weighted by molar-refractivity contribution is 5.97. The van der Waals surface area contributed by atoms with Gasteiger partial charge in [-0.1, -0.05) is 50.3 Å². The Labute approximate surface area is 167 Å². The summed E-state index contributed by atoms with van der Waals surface area (Å²) in [5.74, 6) is -0.220. The third kappa shape index (κ3) is 2.68. The number of rotatable bonds is 4. The predicted molar refractivity (Wildman–Crippen MR) is 108 cm³/mol. The number of methoxy groups -OCH3 is 2. The van der Waals surface area contributed by atoms with Crippen molar-refractivity contribution in [2.24, 2.45) is 0 Å². The highest BCUT2D eigenvalue weighted by Gasteiger charge is 2.65. The second kappa shape index (κ2) is 7.47. The monoisotopic (exact) mass is 383 g/mol. The fourth-order valence-corrected chi connectivity index (χ4v) is 5.55. The van der Waals surface area contributed by atoms with Gasteiger partial charge < -0.3 is 14.2 Å². The van der Waals surface area contributed by atoms with E-state index in [1.165, 1.54) is 0 Å². The zero-order valence-electron chi connectivity index (χ0n) is 17.1. The summed E-state index contributed by atoms with van der Waals surface area (Å²) in [6.45, 7) is 4.00. The molecule has 3 aliphatic heterocycles. The standard InChI is InChI=1S/C21H23NO4.C2H6/c1-24-20(25-2)17-8-9-18-21-12-14(22(17)18)10-15(13-6-4-3-5-7-13)16(21)11-19(23)26-21;1-2/h3-7,10-11,14,17-18,20H,8-9,12H2,1-2H3;1-2H3. The molecule has 1 aromatic carbocycles. The first-order valence-electron chi connectivity index (χ1n) is 10.2. The van der Waals surface area contributed by atoms with Gasteiger partial charge >= 0.3 is 5.97 Å². The molecule has 5 rings (SSSR count). The summed E-state index contributed by atoms with van der Waals surface area (Å²) in [6.07, 6.45) is 6.52. The predicted octanol–water partition coefficient (Wildman–Crippen LogP) is 3.56. The van der Waals surface area contributed by atoms with Crippen molar-refractivity contribution >= 4 is 11.5 Å². The Balaban J connectivity index is 0.000000932. The van der Waals surface area contributed by atoms with E-state index < -0.39 is 5.60 Å². The number of ether oxygens (including phenoxy) is 3. The van der Waals surface area contributed by atoms with Crippen LogP contribution in [0.4, 0.5) is 0 Å². The second-order valence-corrected chi connectivity index (χ2v) is 7.53. The van der Waals surface area contributed by atoms with Gasteiger partial charge in [-0.25, -0.2) is 4.79 Å². The Bertz CT molecular complexity index is 798. The van der Waals surface area contributed by atoms with Gasteiger partial charge in [0, 0.05) is 38.3 Å². The maximum atomic E-state index is 12.3. The molecular formula is C23H29NO4. The number of carbonyl (C=O) groups excluding carboxylic acids is 1. The number of hydrogen-bond donors (Lipinski definition) is 0. The largest absolute Gasteiger partial charge is 0.449 e. The van der Waals surface area contributed by atoms with Gasteiger partial charge in [0.1, 0.15) is 0 Å². The Kier molecular flexibility index (Phi) is 5.17. The van der Waals surface area contributed by atoms with Crippen LogP contribution in [0.25, 0.3) is 5.57 Å². The Morgan fingerprint density at radius 1 is 1.14 bits per heavy atom. The maximum Gasteiger partial charge on any atom is 0.332 e. The fourth-order valence-electron chi connectivity index (χ4n) is 5.55. The lowest BCUT2D eigenvalue weighted by molar-refractivity contribution is -0.151. The van der Waals surface area contributed by atoms with Crippen molar-refractivity contribution in [3.8, 4) is 0 Å². The highest BCUT2D eigenvalue weighted by Crippen LogP contribution is 2.57. The van der Waals surface area contributed by atoms with Gasteiger partial charge in [0.15, 0.2) is 11.9 Å². The van der Waals surface area contributed by atoms with Crippen LogP contribution in [0.2, 0.25) is 0 Å². The first-order chi connectivity index (χ1) is 13.7. The lowest BCUT2D eigenvalue weighted by Gasteiger charge is -2.34. The van der Waals surface area contributed by atoms with Crippen LogP contribution in [0.5, 0.6) is 0 Å². The fraction of sp³-hybridized carbons (Fsp3) is 0.522. The van der Waals surface area contributed by atoms with E-state index in [0.29, 0.717) is 0 Å². The van der Waals surface area contributed by atoms with E-state index in [1.807, 2.05) is 32.0 Å². The van der Waals surface area contributed by atoms with Gasteiger partial charge in [-0.2, -0.15) is 0 Å². The molecule has 2 fully saturated rings. The number of nitrogens with zero attached hydrogens (tertiary/aromatic N) is 1. The van der Waals surface area contributed by atoms with Gasteiger partial charge in [0.2, 0.25) is 0 Å². The van der Waals surface area contributed by atoms with Crippen LogP contribution in [-0.2, 0) is 19.0 Å². The molecule has 3 heterocycles. The average Bonchev–Trinajstić information content (AvgIpc) is 3.38. The van der Waals surface area contributed by atoms with E-state index in [9.17, 15) is 4.79 Å². The van der Waals surface area contributed by atoms with Crippen molar-refractivity contribution < 1.29 is 19.0 Å². The third-order valence-electron chi connectivity index (χ3n) is 6.43. The molecule has 0 amide bonds. The van der Waals surface area contributed by atoms with E-state index in [0.717, 1.165) is 36.0 Å². The molecule has 150 valence electrons. The van der Waals surface area contributed by atoms with E-state index in [4.69, 9.17) is 14.2 Å². The van der Waals surface area contributed by atoms with Gasteiger partial charge in [-0.15, -0.1) is 0 Å². The summed E-state index contributed by atoms with van der Waals surface area (Å²) >= 11 is 0. The molecular weight excluding hydrogens is 354 g/mol. The normalized spacial score (nSPS) is 32.9. The first kappa shape index (κ1) is 19.4. The summed E-state index contributed by atoms with van der Waals surface area (Å²) < 4.78 is 17.2. The van der Waals surface area contributed by atoms with Crippen molar-refractivity contribution in [1.82, 2.24) is 4.90 Å². The molecule has 0 N–H and O–H groups in total. The van der Waals surface area contributed by atoms with Crippen LogP contribution in [0.3, 0.4) is 0 Å². The van der Waals surface area contributed by atoms with Gasteiger partial charge in [-0.3, -0.25) is 4.90 Å². The molecule has 1 aliphatic carbocycles. The summed E-state index contributed by atoms with van der Waals surface area (Å²) in [4.78, 5) is 14.8. The Hall–Kier alpha value is -1.95. The number of carbonyl (C=O) groups is 1. The third-order valence-corrected chi connectivity index (χ3v) is 6.43. The lowest BCUT2D eigenvalue weighted by atomic mass is 9.75. The topological polar surface area (TPSA) is 48.0 Å². The van der Waals surface area contributed by atoms with Crippen LogP contribution < -0.4 is 0 Å². The van der Waals surface area contributed by atoms with Crippen molar-refractivity contribution in [3.05, 3.63) is 53.6 Å². The molecule has 4 unspecified atom stereocenters. The van der Waals surface area contributed by atoms with Crippen molar-refractivity contribution in [3.63, 3.8) is 0 Å². The van der Waals surface area contributed by atoms with Crippen molar-refractivity contribution in [1.29, 1.82) is 0 Å². The molecule has 0 aromatic heterocycles. The molecule has 1 aromatic rings. The molecule has 4 aliphatic rings. The highest BCUT2D eigenvalue weighted by atomic mass is 16.7. The minimum Gasteiger partial charge on any atom is -0.449 e. The molecule has 5 heteroatoms. The minimum atomic E-state index is -0.525. The van der Waals surface area contributed by atoms with E-state index >= 15 is 0 Å². The molecule has 4 atom stereocenters. The number of hydrogen-bond acceptors (Lipinski definition) is 5. The van der Waals surface area contributed by atoms with Gasteiger partial charge in [0.05, 0.1) is 12.1 Å². The first-order valence-corrected chi connectivity index (χ1v) is 10.2. The SMILES string of the molecule is CC.COC(OC)C1CCC2N1C1C=C(c3ccccc3)C3=CC(=O)OC32C1. The lowest BCUT2D eigenvalue weighted by Crippen LogP contribution is -2.48. The van der Waals surface area contributed by atoms with Crippen LogP contribution >= 0.6 is 0 Å². The van der Waals surface area contributed by atoms with Crippen LogP contribution in [0.1, 0.15) is 38.7 Å². The number of esters is 1. The van der Waals surface area contributed by atoms with Crippen LogP contribution in [-0.4, -0.2) is 55.1 Å². The molecule has 0 saturated carbocycles. The maximum absolute atomic E-state index is 12.3. The Morgan fingerprint density at radius 2 is 1.86 bits per heavy atom. The minimum absolute atomic E-state index is 0.173. The smallest absolute Gasteiger partial charge is 0.332 e.